The maximum atomic E-state index is 13.5. The van der Waals surface area contributed by atoms with Gasteiger partial charge in [-0.3, -0.25) is 0 Å². The minimum Gasteiger partial charge on any atom is -0.328 e. The minimum atomic E-state index is -0.226. The molecule has 25 heavy (non-hydrogen) atoms. The number of halogens is 1. The quantitative estimate of drug-likeness (QED) is 0.387. The number of pyridine rings is 1. The van der Waals surface area contributed by atoms with Crippen LogP contribution in [0.2, 0.25) is 0 Å². The van der Waals surface area contributed by atoms with E-state index in [1.807, 2.05) is 49.5 Å². The van der Waals surface area contributed by atoms with Crippen molar-refractivity contribution in [3.05, 3.63) is 78.6 Å². The van der Waals surface area contributed by atoms with Crippen LogP contribution in [0.3, 0.4) is 0 Å². The molecular formula is C22H15FN2. The Morgan fingerprint density at radius 2 is 1.48 bits per heavy atom. The fourth-order valence-electron chi connectivity index (χ4n) is 3.70. The van der Waals surface area contributed by atoms with Gasteiger partial charge in [-0.15, -0.1) is 0 Å². The molecule has 0 aliphatic heterocycles. The number of fused-ring (bicyclic) bond motifs is 4. The van der Waals surface area contributed by atoms with Crippen LogP contribution in [0.5, 0.6) is 0 Å². The van der Waals surface area contributed by atoms with Crippen molar-refractivity contribution < 1.29 is 4.39 Å². The van der Waals surface area contributed by atoms with Crippen LogP contribution in [-0.2, 0) is 7.05 Å². The van der Waals surface area contributed by atoms with E-state index in [0.717, 1.165) is 44.0 Å². The summed E-state index contributed by atoms with van der Waals surface area (Å²) in [5, 5.41) is 3.36. The third-order valence-electron chi connectivity index (χ3n) is 4.86. The predicted molar refractivity (Wildman–Crippen MR) is 101 cm³/mol. The molecule has 2 heterocycles. The first-order valence-electron chi connectivity index (χ1n) is 8.26. The topological polar surface area (TPSA) is 17.8 Å². The molecule has 2 aromatic heterocycles. The second-order valence-corrected chi connectivity index (χ2v) is 6.29. The van der Waals surface area contributed by atoms with E-state index in [1.165, 1.54) is 12.1 Å². The third-order valence-corrected chi connectivity index (χ3v) is 4.86. The molecule has 0 atom stereocenters. The highest BCUT2D eigenvalue weighted by atomic mass is 19.1. The van der Waals surface area contributed by atoms with Gasteiger partial charge in [0.15, 0.2) is 0 Å². The first kappa shape index (κ1) is 14.2. The lowest BCUT2D eigenvalue weighted by atomic mass is 9.96. The maximum Gasteiger partial charge on any atom is 0.142 e. The molecule has 5 rings (SSSR count). The zero-order chi connectivity index (χ0) is 17.0. The highest BCUT2D eigenvalue weighted by Crippen LogP contribution is 2.39. The monoisotopic (exact) mass is 326 g/mol. The van der Waals surface area contributed by atoms with Gasteiger partial charge in [0, 0.05) is 28.8 Å². The predicted octanol–water partition coefficient (Wildman–Crippen LogP) is 5.69. The molecule has 0 unspecified atom stereocenters. The van der Waals surface area contributed by atoms with E-state index < -0.39 is 0 Å². The number of aryl methyl sites for hydroxylation is 1. The second kappa shape index (κ2) is 5.15. The van der Waals surface area contributed by atoms with E-state index in [9.17, 15) is 4.39 Å². The van der Waals surface area contributed by atoms with Crippen molar-refractivity contribution in [1.82, 2.24) is 9.55 Å². The van der Waals surface area contributed by atoms with Gasteiger partial charge >= 0.3 is 0 Å². The number of aromatic nitrogens is 2. The lowest BCUT2D eigenvalue weighted by Gasteiger charge is -2.10. The summed E-state index contributed by atoms with van der Waals surface area (Å²) >= 11 is 0. The lowest BCUT2D eigenvalue weighted by Crippen LogP contribution is -1.92. The Bertz CT molecular complexity index is 1250. The molecule has 0 radical (unpaired) electrons. The van der Waals surface area contributed by atoms with Gasteiger partial charge in [0.2, 0.25) is 0 Å². The maximum absolute atomic E-state index is 13.5. The van der Waals surface area contributed by atoms with Gasteiger partial charge in [-0.25, -0.2) is 9.37 Å². The van der Waals surface area contributed by atoms with Gasteiger partial charge in [0.1, 0.15) is 11.5 Å². The molecular weight excluding hydrogens is 311 g/mol. The summed E-state index contributed by atoms with van der Waals surface area (Å²) < 4.78 is 15.6. The molecule has 3 heteroatoms. The molecule has 0 fully saturated rings. The summed E-state index contributed by atoms with van der Waals surface area (Å²) in [6, 6.07) is 23.2. The van der Waals surface area contributed by atoms with Crippen molar-refractivity contribution in [2.24, 2.45) is 7.05 Å². The van der Waals surface area contributed by atoms with Crippen molar-refractivity contribution >= 4 is 32.8 Å². The molecule has 120 valence electrons. The van der Waals surface area contributed by atoms with Crippen LogP contribution in [0, 0.1) is 5.82 Å². The van der Waals surface area contributed by atoms with Crippen LogP contribution in [0.4, 0.5) is 4.39 Å². The summed E-state index contributed by atoms with van der Waals surface area (Å²) in [5.41, 5.74) is 5.14. The summed E-state index contributed by atoms with van der Waals surface area (Å²) in [4.78, 5) is 4.91. The normalized spacial score (nSPS) is 11.6. The largest absolute Gasteiger partial charge is 0.328 e. The van der Waals surface area contributed by atoms with Crippen LogP contribution in [-0.4, -0.2) is 9.55 Å². The summed E-state index contributed by atoms with van der Waals surface area (Å²) in [5.74, 6) is -0.226. The van der Waals surface area contributed by atoms with Gasteiger partial charge < -0.3 is 4.57 Å². The molecule has 2 nitrogen and oxygen atoms in total. The molecule has 0 aliphatic rings. The first-order chi connectivity index (χ1) is 12.2. The number of para-hydroxylation sites is 2. The van der Waals surface area contributed by atoms with Gasteiger partial charge in [0.05, 0.1) is 11.0 Å². The van der Waals surface area contributed by atoms with Crippen LogP contribution >= 0.6 is 0 Å². The van der Waals surface area contributed by atoms with Crippen molar-refractivity contribution in [3.8, 4) is 11.1 Å². The molecule has 0 aliphatic carbocycles. The Kier molecular flexibility index (Phi) is 2.92. The van der Waals surface area contributed by atoms with E-state index >= 15 is 0 Å². The molecule has 0 N–H and O–H groups in total. The van der Waals surface area contributed by atoms with Gasteiger partial charge in [-0.1, -0.05) is 48.5 Å². The molecule has 0 saturated carbocycles. The van der Waals surface area contributed by atoms with Crippen LogP contribution < -0.4 is 0 Å². The molecule has 0 bridgehead atoms. The van der Waals surface area contributed by atoms with E-state index in [2.05, 4.69) is 22.8 Å². The second-order valence-electron chi connectivity index (χ2n) is 6.29. The molecule has 3 aromatic carbocycles. The number of hydrogen-bond acceptors (Lipinski definition) is 1. The minimum absolute atomic E-state index is 0.226. The Balaban J connectivity index is 2.07. The number of nitrogens with zero attached hydrogens (tertiary/aromatic N) is 2. The van der Waals surface area contributed by atoms with Crippen molar-refractivity contribution in [1.29, 1.82) is 0 Å². The summed E-state index contributed by atoms with van der Waals surface area (Å²) in [6.07, 6.45) is 0. The summed E-state index contributed by atoms with van der Waals surface area (Å²) in [6.45, 7) is 0. The highest BCUT2D eigenvalue weighted by molar-refractivity contribution is 6.20. The van der Waals surface area contributed by atoms with E-state index in [0.29, 0.717) is 0 Å². The highest BCUT2D eigenvalue weighted by Gasteiger charge is 2.17. The van der Waals surface area contributed by atoms with E-state index in [4.69, 9.17) is 4.98 Å². The molecule has 0 saturated heterocycles. The Hall–Kier alpha value is -3.20. The average Bonchev–Trinajstić information content (AvgIpc) is 2.93. The van der Waals surface area contributed by atoms with Crippen molar-refractivity contribution in [2.75, 3.05) is 0 Å². The standard InChI is InChI=1S/C22H15FN2/c1-25-19-9-5-3-7-17(19)21-20(14-10-12-15(23)13-11-14)16-6-2-4-8-18(16)24-22(21)25/h2-13H,1H3. The fourth-order valence-corrected chi connectivity index (χ4v) is 3.70. The molecule has 0 amide bonds. The van der Waals surface area contributed by atoms with E-state index in [1.54, 1.807) is 0 Å². The fraction of sp³-hybridized carbons (Fsp3) is 0.0455. The van der Waals surface area contributed by atoms with E-state index in [-0.39, 0.29) is 5.82 Å². The first-order valence-corrected chi connectivity index (χ1v) is 8.26. The smallest absolute Gasteiger partial charge is 0.142 e. The average molecular weight is 326 g/mol. The third kappa shape index (κ3) is 1.99. The number of hydrogen-bond donors (Lipinski definition) is 0. The zero-order valence-electron chi connectivity index (χ0n) is 13.7. The van der Waals surface area contributed by atoms with Crippen LogP contribution in [0.25, 0.3) is 44.0 Å². The molecule has 5 aromatic rings. The summed E-state index contributed by atoms with van der Waals surface area (Å²) in [7, 11) is 2.04. The van der Waals surface area contributed by atoms with Gasteiger partial charge in [-0.05, 0) is 29.8 Å². The van der Waals surface area contributed by atoms with Crippen LogP contribution in [0.1, 0.15) is 0 Å². The lowest BCUT2D eigenvalue weighted by molar-refractivity contribution is 0.628. The Labute approximate surface area is 144 Å². The zero-order valence-corrected chi connectivity index (χ0v) is 13.7. The number of rotatable bonds is 1. The number of benzene rings is 3. The van der Waals surface area contributed by atoms with Gasteiger partial charge in [-0.2, -0.15) is 0 Å². The Morgan fingerprint density at radius 1 is 0.800 bits per heavy atom. The van der Waals surface area contributed by atoms with Gasteiger partial charge in [0.25, 0.3) is 0 Å². The van der Waals surface area contributed by atoms with Crippen molar-refractivity contribution in [2.45, 2.75) is 0 Å². The van der Waals surface area contributed by atoms with Crippen molar-refractivity contribution in [3.63, 3.8) is 0 Å². The molecule has 0 spiro atoms. The Morgan fingerprint density at radius 3 is 2.28 bits per heavy atom. The van der Waals surface area contributed by atoms with Crippen LogP contribution in [0.15, 0.2) is 72.8 Å². The SMILES string of the molecule is Cn1c2ccccc2c2c(-c3ccc(F)cc3)c3ccccc3nc21.